The summed E-state index contributed by atoms with van der Waals surface area (Å²) in [5.41, 5.74) is 2.96. The van der Waals surface area contributed by atoms with Crippen LogP contribution in [0.15, 0.2) is 96.2 Å². The second kappa shape index (κ2) is 13.4. The van der Waals surface area contributed by atoms with Crippen LogP contribution in [0.25, 0.3) is 28.6 Å². The highest BCUT2D eigenvalue weighted by Gasteiger charge is 2.45. The molecule has 1 aromatic heterocycles. The number of nitriles is 1. The molecule has 238 valence electrons. The van der Waals surface area contributed by atoms with Gasteiger partial charge in [-0.05, 0) is 54.8 Å². The molecule has 3 aromatic carbocycles. The SMILES string of the molecule is CCCCOc1ccc(-c2nn(-c3ccccc3)cc2/C=C2\C(=O)N(C3CCS(=O)(=O)C3)C(=O)C(C#N)=C2c2ccccc2)cc1Cl. The number of benzene rings is 3. The highest BCUT2D eigenvalue weighted by Crippen LogP contribution is 2.39. The molecule has 11 heteroatoms. The molecule has 3 heterocycles. The molecule has 0 saturated carbocycles. The molecule has 1 atom stereocenters. The summed E-state index contributed by atoms with van der Waals surface area (Å²) in [7, 11) is -3.44. The number of rotatable bonds is 9. The van der Waals surface area contributed by atoms with Gasteiger partial charge in [-0.15, -0.1) is 0 Å². The van der Waals surface area contributed by atoms with Gasteiger partial charge in [0.1, 0.15) is 23.1 Å². The first-order valence-electron chi connectivity index (χ1n) is 15.3. The Morgan fingerprint density at radius 3 is 2.38 bits per heavy atom. The standard InChI is InChI=1S/C36H31ClN4O5S/c1-2-3-17-46-32-15-14-25(20-31(32)37)34-26(22-40(39-34)27-12-8-5-9-13-27)19-29-33(24-10-6-4-7-11-24)30(21-38)36(43)41(35(29)42)28-16-18-47(44,45)23-28/h4-15,19-20,22,28H,2-3,16-18,23H2,1H3/b29-19-. The highest BCUT2D eigenvalue weighted by molar-refractivity contribution is 7.91. The number of aromatic nitrogens is 2. The van der Waals surface area contributed by atoms with Crippen LogP contribution < -0.4 is 4.74 Å². The Hall–Kier alpha value is -4.98. The third kappa shape index (κ3) is 6.50. The van der Waals surface area contributed by atoms with E-state index in [-0.39, 0.29) is 34.6 Å². The van der Waals surface area contributed by atoms with Crippen LogP contribution in [-0.2, 0) is 19.4 Å². The molecule has 1 unspecified atom stereocenters. The molecule has 1 fully saturated rings. The van der Waals surface area contributed by atoms with E-state index in [1.54, 1.807) is 59.4 Å². The number of imide groups is 1. The van der Waals surface area contributed by atoms with Gasteiger partial charge in [0.15, 0.2) is 9.84 Å². The second-order valence-electron chi connectivity index (χ2n) is 11.4. The Balaban J connectivity index is 1.55. The molecule has 0 aliphatic carbocycles. The van der Waals surface area contributed by atoms with Gasteiger partial charge in [-0.3, -0.25) is 14.5 Å². The fourth-order valence-electron chi connectivity index (χ4n) is 5.82. The number of sulfone groups is 1. The lowest BCUT2D eigenvalue weighted by atomic mass is 9.86. The summed E-state index contributed by atoms with van der Waals surface area (Å²) >= 11 is 6.66. The van der Waals surface area contributed by atoms with Crippen molar-refractivity contribution in [3.63, 3.8) is 0 Å². The van der Waals surface area contributed by atoms with Gasteiger partial charge >= 0.3 is 0 Å². The molecule has 0 N–H and O–H groups in total. The van der Waals surface area contributed by atoms with Gasteiger partial charge < -0.3 is 4.74 Å². The van der Waals surface area contributed by atoms with Crippen LogP contribution in [-0.4, -0.2) is 59.1 Å². The third-order valence-electron chi connectivity index (χ3n) is 8.17. The molecule has 2 amide bonds. The first kappa shape index (κ1) is 32.0. The monoisotopic (exact) mass is 666 g/mol. The number of ether oxygens (including phenoxy) is 1. The van der Waals surface area contributed by atoms with Crippen molar-refractivity contribution < 1.29 is 22.7 Å². The van der Waals surface area contributed by atoms with Gasteiger partial charge in [0.25, 0.3) is 11.8 Å². The van der Waals surface area contributed by atoms with E-state index in [0.717, 1.165) is 23.4 Å². The minimum absolute atomic E-state index is 0.0797. The van der Waals surface area contributed by atoms with Crippen molar-refractivity contribution in [2.24, 2.45) is 0 Å². The molecule has 47 heavy (non-hydrogen) atoms. The topological polar surface area (TPSA) is 122 Å². The summed E-state index contributed by atoms with van der Waals surface area (Å²) in [6, 6.07) is 24.7. The zero-order chi connectivity index (χ0) is 33.1. The predicted octanol–water partition coefficient (Wildman–Crippen LogP) is 6.29. The van der Waals surface area contributed by atoms with Crippen LogP contribution in [0.1, 0.15) is 37.3 Å². The van der Waals surface area contributed by atoms with E-state index in [2.05, 4.69) is 6.92 Å². The van der Waals surface area contributed by atoms with E-state index in [9.17, 15) is 23.3 Å². The number of halogens is 1. The number of hydrogen-bond acceptors (Lipinski definition) is 7. The lowest BCUT2D eigenvalue weighted by molar-refractivity contribution is -0.142. The average molecular weight is 667 g/mol. The molecule has 0 radical (unpaired) electrons. The lowest BCUT2D eigenvalue weighted by Gasteiger charge is -2.32. The fraction of sp³-hybridized carbons (Fsp3) is 0.222. The fourth-order valence-corrected chi connectivity index (χ4v) is 7.76. The number of hydrogen-bond donors (Lipinski definition) is 0. The summed E-state index contributed by atoms with van der Waals surface area (Å²) in [6.07, 6.45) is 5.36. The van der Waals surface area contributed by atoms with E-state index >= 15 is 0 Å². The molecule has 2 aliphatic heterocycles. The summed E-state index contributed by atoms with van der Waals surface area (Å²) in [5, 5.41) is 15.6. The molecule has 0 spiro atoms. The summed E-state index contributed by atoms with van der Waals surface area (Å²) in [6.45, 7) is 2.61. The van der Waals surface area contributed by atoms with E-state index in [1.165, 1.54) is 0 Å². The Bertz CT molecular complexity index is 2060. The zero-order valence-electron chi connectivity index (χ0n) is 25.6. The van der Waals surface area contributed by atoms with Crippen LogP contribution in [0, 0.1) is 11.3 Å². The molecule has 6 rings (SSSR count). The third-order valence-corrected chi connectivity index (χ3v) is 10.2. The van der Waals surface area contributed by atoms with E-state index in [1.807, 2.05) is 42.5 Å². The van der Waals surface area contributed by atoms with Crippen molar-refractivity contribution in [3.05, 3.63) is 112 Å². The van der Waals surface area contributed by atoms with Crippen molar-refractivity contribution in [2.45, 2.75) is 32.2 Å². The molecule has 4 aromatic rings. The van der Waals surface area contributed by atoms with Crippen LogP contribution in [0.5, 0.6) is 5.75 Å². The first-order valence-corrected chi connectivity index (χ1v) is 17.5. The predicted molar refractivity (Wildman–Crippen MR) is 180 cm³/mol. The maximum Gasteiger partial charge on any atom is 0.272 e. The van der Waals surface area contributed by atoms with Crippen LogP contribution in [0.2, 0.25) is 5.02 Å². The number of amides is 2. The van der Waals surface area contributed by atoms with Crippen LogP contribution in [0.4, 0.5) is 0 Å². The normalized spacial score (nSPS) is 18.5. The minimum Gasteiger partial charge on any atom is -0.492 e. The molecule has 2 aliphatic rings. The minimum atomic E-state index is -3.44. The van der Waals surface area contributed by atoms with E-state index in [4.69, 9.17) is 21.4 Å². The summed E-state index contributed by atoms with van der Waals surface area (Å²) < 4.78 is 32.3. The van der Waals surface area contributed by atoms with Crippen LogP contribution in [0.3, 0.4) is 0 Å². The Labute approximate surface area is 278 Å². The van der Waals surface area contributed by atoms with Gasteiger partial charge in [-0.25, -0.2) is 13.1 Å². The van der Waals surface area contributed by atoms with Crippen molar-refractivity contribution in [3.8, 4) is 28.8 Å². The largest absolute Gasteiger partial charge is 0.492 e. The first-order chi connectivity index (χ1) is 22.7. The number of para-hydroxylation sites is 1. The number of unbranched alkanes of at least 4 members (excludes halogenated alkanes) is 1. The average Bonchev–Trinajstić information content (AvgIpc) is 3.66. The number of carbonyl (C=O) groups excluding carboxylic acids is 2. The van der Waals surface area contributed by atoms with Gasteiger partial charge in [0.2, 0.25) is 0 Å². The Kier molecular flexibility index (Phi) is 9.12. The van der Waals surface area contributed by atoms with Crippen molar-refractivity contribution >= 4 is 44.9 Å². The zero-order valence-corrected chi connectivity index (χ0v) is 27.2. The van der Waals surface area contributed by atoms with Crippen molar-refractivity contribution in [1.82, 2.24) is 14.7 Å². The molecule has 0 bridgehead atoms. The molecule has 9 nitrogen and oxygen atoms in total. The van der Waals surface area contributed by atoms with Gasteiger partial charge in [0, 0.05) is 22.9 Å². The number of carbonyl (C=O) groups is 2. The Morgan fingerprint density at radius 1 is 1.02 bits per heavy atom. The maximum absolute atomic E-state index is 14.4. The van der Waals surface area contributed by atoms with Gasteiger partial charge in [-0.2, -0.15) is 10.4 Å². The smallest absolute Gasteiger partial charge is 0.272 e. The summed E-state index contributed by atoms with van der Waals surface area (Å²) in [5.74, 6) is -1.42. The van der Waals surface area contributed by atoms with Crippen molar-refractivity contribution in [1.29, 1.82) is 5.26 Å². The maximum atomic E-state index is 14.4. The van der Waals surface area contributed by atoms with Gasteiger partial charge in [0.05, 0.1) is 40.4 Å². The Morgan fingerprint density at radius 2 is 1.74 bits per heavy atom. The molecular formula is C36H31ClN4O5S. The molecule has 1 saturated heterocycles. The quantitative estimate of drug-likeness (QED) is 0.117. The van der Waals surface area contributed by atoms with Crippen molar-refractivity contribution in [2.75, 3.05) is 18.1 Å². The lowest BCUT2D eigenvalue weighted by Crippen LogP contribution is -2.49. The molecular weight excluding hydrogens is 636 g/mol. The van der Waals surface area contributed by atoms with Gasteiger partial charge in [-0.1, -0.05) is 73.5 Å². The summed E-state index contributed by atoms with van der Waals surface area (Å²) in [4.78, 5) is 29.1. The van der Waals surface area contributed by atoms with E-state index < -0.39 is 27.7 Å². The van der Waals surface area contributed by atoms with Crippen LogP contribution >= 0.6 is 11.6 Å². The highest BCUT2D eigenvalue weighted by atomic mass is 35.5. The van der Waals surface area contributed by atoms with E-state index in [0.29, 0.717) is 39.8 Å². The number of nitrogens with zero attached hydrogens (tertiary/aromatic N) is 4. The second-order valence-corrected chi connectivity index (χ2v) is 14.0.